The van der Waals surface area contributed by atoms with Gasteiger partial charge in [-0.2, -0.15) is 0 Å². The molecule has 0 aromatic rings. The normalized spacial score (nSPS) is 18.2. The highest BCUT2D eigenvalue weighted by Crippen LogP contribution is 2.15. The molecule has 0 N–H and O–H groups in total. The van der Waals surface area contributed by atoms with Crippen molar-refractivity contribution < 1.29 is 19.0 Å². The zero-order valence-electron chi connectivity index (χ0n) is 11.4. The number of hydrogen-bond donors (Lipinski definition) is 0. The van der Waals surface area contributed by atoms with E-state index in [-0.39, 0.29) is 12.3 Å². The summed E-state index contributed by atoms with van der Waals surface area (Å²) < 4.78 is 15.7. The molecule has 0 saturated carbocycles. The van der Waals surface area contributed by atoms with Crippen molar-refractivity contribution in [1.29, 1.82) is 0 Å². The van der Waals surface area contributed by atoms with Gasteiger partial charge in [0.15, 0.2) is 6.29 Å². The van der Waals surface area contributed by atoms with Crippen molar-refractivity contribution in [1.82, 2.24) is 0 Å². The molecule has 0 atom stereocenters. The molecule has 1 rings (SSSR count). The SMILES string of the molecule is CC(=O)OC/C=C(\C)CC/C=C(\C)C1OCCO1. The molecular formula is C14H22O4. The lowest BCUT2D eigenvalue weighted by Gasteiger charge is -2.09. The standard InChI is InChI=1S/C14H22O4/c1-11(7-8-16-13(3)15)5-4-6-12(2)14-17-9-10-18-14/h6-7,14H,4-5,8-10H2,1-3H3/b11-7+,12-6+. The molecule has 0 unspecified atom stereocenters. The van der Waals surface area contributed by atoms with E-state index in [1.165, 1.54) is 12.5 Å². The van der Waals surface area contributed by atoms with Gasteiger partial charge in [0.2, 0.25) is 0 Å². The molecule has 0 amide bonds. The van der Waals surface area contributed by atoms with Gasteiger partial charge in [-0.05, 0) is 38.3 Å². The van der Waals surface area contributed by atoms with Gasteiger partial charge in [0.1, 0.15) is 6.61 Å². The minimum absolute atomic E-state index is 0.157. The lowest BCUT2D eigenvalue weighted by Crippen LogP contribution is -2.08. The number of carbonyl (C=O) groups excluding carboxylic acids is 1. The topological polar surface area (TPSA) is 44.8 Å². The van der Waals surface area contributed by atoms with Crippen LogP contribution in [-0.2, 0) is 19.0 Å². The summed E-state index contributed by atoms with van der Waals surface area (Å²) >= 11 is 0. The molecule has 18 heavy (non-hydrogen) atoms. The van der Waals surface area contributed by atoms with Crippen LogP contribution >= 0.6 is 0 Å². The quantitative estimate of drug-likeness (QED) is 0.540. The van der Waals surface area contributed by atoms with Gasteiger partial charge in [0.25, 0.3) is 0 Å². The van der Waals surface area contributed by atoms with Gasteiger partial charge in [0.05, 0.1) is 13.2 Å². The van der Waals surface area contributed by atoms with Crippen molar-refractivity contribution in [3.8, 4) is 0 Å². The summed E-state index contributed by atoms with van der Waals surface area (Å²) in [6, 6.07) is 0. The molecular weight excluding hydrogens is 232 g/mol. The smallest absolute Gasteiger partial charge is 0.302 e. The Balaban J connectivity index is 2.22. The van der Waals surface area contributed by atoms with Crippen LogP contribution in [0.15, 0.2) is 23.3 Å². The number of esters is 1. The van der Waals surface area contributed by atoms with Crippen LogP contribution in [-0.4, -0.2) is 32.1 Å². The number of hydrogen-bond acceptors (Lipinski definition) is 4. The Kier molecular flexibility index (Phi) is 6.68. The van der Waals surface area contributed by atoms with Crippen molar-refractivity contribution in [3.05, 3.63) is 23.3 Å². The number of ether oxygens (including phenoxy) is 3. The predicted octanol–water partition coefficient (Wildman–Crippen LogP) is 2.60. The monoisotopic (exact) mass is 254 g/mol. The summed E-state index contributed by atoms with van der Waals surface area (Å²) in [7, 11) is 0. The van der Waals surface area contributed by atoms with Gasteiger partial charge in [-0.1, -0.05) is 11.6 Å². The second-order valence-corrected chi connectivity index (χ2v) is 4.41. The van der Waals surface area contributed by atoms with Crippen LogP contribution in [0.1, 0.15) is 33.6 Å². The molecule has 102 valence electrons. The van der Waals surface area contributed by atoms with Crippen molar-refractivity contribution in [2.45, 2.75) is 39.9 Å². The third-order valence-electron chi connectivity index (χ3n) is 2.72. The van der Waals surface area contributed by atoms with E-state index in [2.05, 4.69) is 6.08 Å². The molecule has 0 bridgehead atoms. The minimum Gasteiger partial charge on any atom is -0.462 e. The average Bonchev–Trinajstić information content (AvgIpc) is 2.81. The van der Waals surface area contributed by atoms with E-state index in [4.69, 9.17) is 14.2 Å². The first-order chi connectivity index (χ1) is 8.59. The molecule has 4 nitrogen and oxygen atoms in total. The Morgan fingerprint density at radius 3 is 2.50 bits per heavy atom. The largest absolute Gasteiger partial charge is 0.462 e. The van der Waals surface area contributed by atoms with E-state index in [9.17, 15) is 4.79 Å². The summed E-state index contributed by atoms with van der Waals surface area (Å²) in [5.41, 5.74) is 2.34. The molecule has 1 aliphatic rings. The van der Waals surface area contributed by atoms with E-state index in [0.717, 1.165) is 18.4 Å². The highest BCUT2D eigenvalue weighted by molar-refractivity contribution is 5.66. The first kappa shape index (κ1) is 14.9. The maximum atomic E-state index is 10.6. The van der Waals surface area contributed by atoms with Crippen molar-refractivity contribution in [2.75, 3.05) is 19.8 Å². The van der Waals surface area contributed by atoms with Crippen LogP contribution in [0.5, 0.6) is 0 Å². The summed E-state index contributed by atoms with van der Waals surface area (Å²) in [4.78, 5) is 10.6. The first-order valence-electron chi connectivity index (χ1n) is 6.28. The Morgan fingerprint density at radius 2 is 1.89 bits per heavy atom. The maximum Gasteiger partial charge on any atom is 0.302 e. The summed E-state index contributed by atoms with van der Waals surface area (Å²) in [5, 5.41) is 0. The first-order valence-corrected chi connectivity index (χ1v) is 6.28. The maximum absolute atomic E-state index is 10.6. The average molecular weight is 254 g/mol. The van der Waals surface area contributed by atoms with Crippen LogP contribution in [0, 0.1) is 0 Å². The molecule has 0 aliphatic carbocycles. The fraction of sp³-hybridized carbons (Fsp3) is 0.643. The third kappa shape index (κ3) is 5.98. The van der Waals surface area contributed by atoms with E-state index in [1.807, 2.05) is 19.9 Å². The Morgan fingerprint density at radius 1 is 1.22 bits per heavy atom. The van der Waals surface area contributed by atoms with Crippen LogP contribution < -0.4 is 0 Å². The van der Waals surface area contributed by atoms with Crippen LogP contribution in [0.3, 0.4) is 0 Å². The molecule has 1 heterocycles. The molecule has 1 fully saturated rings. The molecule has 0 aromatic carbocycles. The van der Waals surface area contributed by atoms with Gasteiger partial charge in [-0.15, -0.1) is 0 Å². The number of carbonyl (C=O) groups is 1. The second kappa shape index (κ2) is 8.06. The molecule has 0 spiro atoms. The molecule has 4 heteroatoms. The fourth-order valence-electron chi connectivity index (χ4n) is 1.65. The molecule has 1 aliphatic heterocycles. The van der Waals surface area contributed by atoms with Crippen molar-refractivity contribution in [2.24, 2.45) is 0 Å². The fourth-order valence-corrected chi connectivity index (χ4v) is 1.65. The Hall–Kier alpha value is -1.13. The number of rotatable bonds is 6. The van der Waals surface area contributed by atoms with E-state index < -0.39 is 0 Å². The highest BCUT2D eigenvalue weighted by atomic mass is 16.7. The Bertz CT molecular complexity index is 325. The van der Waals surface area contributed by atoms with Gasteiger partial charge in [-0.25, -0.2) is 0 Å². The van der Waals surface area contributed by atoms with Gasteiger partial charge >= 0.3 is 5.97 Å². The van der Waals surface area contributed by atoms with Crippen LogP contribution in [0.25, 0.3) is 0 Å². The molecule has 1 saturated heterocycles. The Labute approximate surface area is 109 Å². The summed E-state index contributed by atoms with van der Waals surface area (Å²) in [5.74, 6) is -0.245. The lowest BCUT2D eigenvalue weighted by molar-refractivity contribution is -0.139. The van der Waals surface area contributed by atoms with E-state index >= 15 is 0 Å². The molecule has 0 radical (unpaired) electrons. The molecule has 0 aromatic heterocycles. The van der Waals surface area contributed by atoms with E-state index in [0.29, 0.717) is 19.8 Å². The number of allylic oxidation sites excluding steroid dienone is 2. The van der Waals surface area contributed by atoms with Gasteiger partial charge < -0.3 is 14.2 Å². The van der Waals surface area contributed by atoms with Crippen LogP contribution in [0.2, 0.25) is 0 Å². The highest BCUT2D eigenvalue weighted by Gasteiger charge is 2.16. The zero-order valence-corrected chi connectivity index (χ0v) is 11.4. The van der Waals surface area contributed by atoms with Gasteiger partial charge in [-0.3, -0.25) is 4.79 Å². The predicted molar refractivity (Wildman–Crippen MR) is 69.1 cm³/mol. The summed E-state index contributed by atoms with van der Waals surface area (Å²) in [6.45, 7) is 7.19. The zero-order chi connectivity index (χ0) is 13.4. The van der Waals surface area contributed by atoms with Gasteiger partial charge in [0, 0.05) is 6.92 Å². The van der Waals surface area contributed by atoms with E-state index in [1.54, 1.807) is 0 Å². The van der Waals surface area contributed by atoms with Crippen LogP contribution in [0.4, 0.5) is 0 Å². The van der Waals surface area contributed by atoms with Crippen molar-refractivity contribution >= 4 is 5.97 Å². The summed E-state index contributed by atoms with van der Waals surface area (Å²) in [6.07, 6.45) is 5.81. The lowest BCUT2D eigenvalue weighted by atomic mass is 10.1. The van der Waals surface area contributed by atoms with Crippen molar-refractivity contribution in [3.63, 3.8) is 0 Å². The third-order valence-corrected chi connectivity index (χ3v) is 2.72. The second-order valence-electron chi connectivity index (χ2n) is 4.41. The minimum atomic E-state index is -0.245.